The van der Waals surface area contributed by atoms with E-state index < -0.39 is 0 Å². The first kappa shape index (κ1) is 29.2. The molecular weight excluding hydrogens is 500 g/mol. The van der Waals surface area contributed by atoms with Crippen LogP contribution < -0.4 is 14.2 Å². The molecule has 0 spiro atoms. The van der Waals surface area contributed by atoms with Crippen LogP contribution in [0.25, 0.3) is 0 Å². The smallest absolute Gasteiger partial charge is 0.125 e. The van der Waals surface area contributed by atoms with Crippen LogP contribution >= 0.6 is 0 Å². The van der Waals surface area contributed by atoms with Crippen molar-refractivity contribution < 1.29 is 24.4 Å². The third-order valence-corrected chi connectivity index (χ3v) is 7.55. The molecule has 0 fully saturated rings. The lowest BCUT2D eigenvalue weighted by atomic mass is 9.90. The Bertz CT molecular complexity index is 1490. The highest BCUT2D eigenvalue weighted by Crippen LogP contribution is 2.33. The quantitative estimate of drug-likeness (QED) is 0.231. The van der Waals surface area contributed by atoms with E-state index in [0.717, 1.165) is 73.7 Å². The van der Waals surface area contributed by atoms with Crippen molar-refractivity contribution in [1.82, 2.24) is 0 Å². The van der Waals surface area contributed by atoms with Gasteiger partial charge in [0, 0.05) is 12.8 Å². The van der Waals surface area contributed by atoms with E-state index in [1.807, 2.05) is 18.2 Å². The van der Waals surface area contributed by atoms with Crippen LogP contribution in [0.2, 0.25) is 0 Å². The third kappa shape index (κ3) is 6.49. The summed E-state index contributed by atoms with van der Waals surface area (Å²) in [5.41, 5.74) is 11.8. The molecule has 0 saturated heterocycles. The van der Waals surface area contributed by atoms with E-state index in [1.54, 1.807) is 21.3 Å². The third-order valence-electron chi connectivity index (χ3n) is 7.55. The largest absolute Gasteiger partial charge is 0.496 e. The van der Waals surface area contributed by atoms with E-state index in [4.69, 9.17) is 14.2 Å². The highest BCUT2D eigenvalue weighted by Gasteiger charge is 2.15. The maximum absolute atomic E-state index is 10.2. The molecule has 4 rings (SSSR count). The number of ether oxygens (including phenoxy) is 3. The summed E-state index contributed by atoms with van der Waals surface area (Å²) in [6.45, 7) is 6.15. The van der Waals surface area contributed by atoms with Gasteiger partial charge in [0.2, 0.25) is 0 Å². The fourth-order valence-electron chi connectivity index (χ4n) is 5.59. The molecule has 0 aliphatic carbocycles. The molecule has 2 N–H and O–H groups in total. The lowest BCUT2D eigenvalue weighted by Gasteiger charge is -2.18. The van der Waals surface area contributed by atoms with Crippen LogP contribution in [0.3, 0.4) is 0 Å². The van der Waals surface area contributed by atoms with E-state index in [-0.39, 0.29) is 13.2 Å². The molecule has 210 valence electrons. The summed E-state index contributed by atoms with van der Waals surface area (Å²) in [4.78, 5) is 0. The van der Waals surface area contributed by atoms with Gasteiger partial charge >= 0.3 is 0 Å². The topological polar surface area (TPSA) is 68.2 Å². The van der Waals surface area contributed by atoms with Gasteiger partial charge in [-0.3, -0.25) is 0 Å². The van der Waals surface area contributed by atoms with Crippen molar-refractivity contribution >= 4 is 0 Å². The number of aliphatic hydroxyl groups is 2. The molecule has 0 aliphatic heterocycles. The van der Waals surface area contributed by atoms with Gasteiger partial charge in [0.05, 0.1) is 34.5 Å². The molecule has 0 aromatic heterocycles. The first-order valence-electron chi connectivity index (χ1n) is 13.6. The van der Waals surface area contributed by atoms with Crippen LogP contribution in [0.15, 0.2) is 60.7 Å². The number of hydrogen-bond acceptors (Lipinski definition) is 5. The Morgan fingerprint density at radius 1 is 0.525 bits per heavy atom. The number of aliphatic hydroxyl groups excluding tert-OH is 2. The minimum Gasteiger partial charge on any atom is -0.496 e. The monoisotopic (exact) mass is 540 g/mol. The Hall–Kier alpha value is -3.80. The van der Waals surface area contributed by atoms with E-state index in [9.17, 15) is 10.2 Å². The summed E-state index contributed by atoms with van der Waals surface area (Å²) >= 11 is 0. The molecular formula is C35H40O5. The molecule has 5 heteroatoms. The summed E-state index contributed by atoms with van der Waals surface area (Å²) < 4.78 is 17.1. The zero-order valence-corrected chi connectivity index (χ0v) is 24.4. The Balaban J connectivity index is 1.69. The first-order valence-corrected chi connectivity index (χ1v) is 13.6. The van der Waals surface area contributed by atoms with Crippen LogP contribution in [0.1, 0.15) is 61.2 Å². The van der Waals surface area contributed by atoms with Crippen molar-refractivity contribution in [3.05, 3.63) is 122 Å². The Morgan fingerprint density at radius 2 is 1.12 bits per heavy atom. The number of benzene rings is 4. The highest BCUT2D eigenvalue weighted by molar-refractivity contribution is 5.51. The van der Waals surface area contributed by atoms with E-state index in [2.05, 4.69) is 63.2 Å². The second-order valence-electron chi connectivity index (χ2n) is 10.5. The van der Waals surface area contributed by atoms with Gasteiger partial charge in [-0.25, -0.2) is 0 Å². The van der Waals surface area contributed by atoms with Crippen molar-refractivity contribution in [1.29, 1.82) is 0 Å². The maximum atomic E-state index is 10.2. The van der Waals surface area contributed by atoms with Gasteiger partial charge < -0.3 is 24.4 Å². The first-order chi connectivity index (χ1) is 19.3. The molecule has 0 bridgehead atoms. The average molecular weight is 541 g/mol. The second-order valence-corrected chi connectivity index (χ2v) is 10.5. The predicted octanol–water partition coefficient (Wildman–Crippen LogP) is 6.39. The predicted molar refractivity (Wildman–Crippen MR) is 160 cm³/mol. The molecule has 0 atom stereocenters. The van der Waals surface area contributed by atoms with Gasteiger partial charge in [-0.15, -0.1) is 0 Å². The van der Waals surface area contributed by atoms with Crippen molar-refractivity contribution in [3.63, 3.8) is 0 Å². The molecule has 40 heavy (non-hydrogen) atoms. The van der Waals surface area contributed by atoms with Gasteiger partial charge in [-0.05, 0) is 101 Å². The van der Waals surface area contributed by atoms with Gasteiger partial charge in [-0.1, -0.05) is 48.5 Å². The molecule has 0 radical (unpaired) electrons. The summed E-state index contributed by atoms with van der Waals surface area (Å²) in [6, 6.07) is 20.9. The Morgan fingerprint density at radius 3 is 1.75 bits per heavy atom. The molecule has 0 unspecified atom stereocenters. The van der Waals surface area contributed by atoms with E-state index in [1.165, 1.54) is 11.1 Å². The average Bonchev–Trinajstić information content (AvgIpc) is 2.94. The SMILES string of the molecule is COc1cc(CO)ccc1Cc1cc(Cc2cc(C)c(OC)c(Cc3ccc(C)cc3OC)c2)cc(C)c1CO. The minimum atomic E-state index is -0.0346. The van der Waals surface area contributed by atoms with Crippen LogP contribution in [-0.4, -0.2) is 31.5 Å². The standard InChI is InChI=1S/C35H40O5/c1-22-7-9-28(33(11-22)38-4)19-31-16-27(13-24(3)35(31)40-6)14-26-12-23(2)32(21-37)30(15-26)18-29-10-8-25(20-36)17-34(29)39-5/h7-13,15-17,36-37H,14,18-21H2,1-6H3. The van der Waals surface area contributed by atoms with E-state index >= 15 is 0 Å². The molecule has 5 nitrogen and oxygen atoms in total. The van der Waals surface area contributed by atoms with Crippen LogP contribution in [-0.2, 0) is 32.5 Å². The number of rotatable bonds is 11. The fraction of sp³-hybridized carbons (Fsp3) is 0.314. The van der Waals surface area contributed by atoms with E-state index in [0.29, 0.717) is 12.8 Å². The van der Waals surface area contributed by atoms with Gasteiger partial charge in [0.15, 0.2) is 0 Å². The Kier molecular flexibility index (Phi) is 9.51. The van der Waals surface area contributed by atoms with Crippen molar-refractivity contribution in [3.8, 4) is 17.2 Å². The summed E-state index contributed by atoms with van der Waals surface area (Å²) in [5.74, 6) is 2.52. The summed E-state index contributed by atoms with van der Waals surface area (Å²) in [6.07, 6.45) is 2.08. The van der Waals surface area contributed by atoms with Crippen LogP contribution in [0, 0.1) is 20.8 Å². The molecule has 0 saturated carbocycles. The zero-order valence-electron chi connectivity index (χ0n) is 24.4. The molecule has 0 amide bonds. The van der Waals surface area contributed by atoms with Crippen LogP contribution in [0.5, 0.6) is 17.2 Å². The van der Waals surface area contributed by atoms with Gasteiger partial charge in [-0.2, -0.15) is 0 Å². The van der Waals surface area contributed by atoms with Crippen LogP contribution in [0.4, 0.5) is 0 Å². The number of methoxy groups -OCH3 is 3. The van der Waals surface area contributed by atoms with Crippen molar-refractivity contribution in [2.24, 2.45) is 0 Å². The normalized spacial score (nSPS) is 11.0. The zero-order chi connectivity index (χ0) is 28.8. The summed E-state index contributed by atoms with van der Waals surface area (Å²) in [5, 5.41) is 19.7. The molecule has 4 aromatic carbocycles. The Labute approximate surface area is 238 Å². The fourth-order valence-corrected chi connectivity index (χ4v) is 5.59. The molecule has 4 aromatic rings. The number of hydrogen-bond donors (Lipinski definition) is 2. The molecule has 0 aliphatic rings. The van der Waals surface area contributed by atoms with Crippen molar-refractivity contribution in [2.45, 2.75) is 53.2 Å². The van der Waals surface area contributed by atoms with Crippen molar-refractivity contribution in [2.75, 3.05) is 21.3 Å². The molecule has 0 heterocycles. The lowest BCUT2D eigenvalue weighted by molar-refractivity contribution is 0.280. The highest BCUT2D eigenvalue weighted by atomic mass is 16.5. The minimum absolute atomic E-state index is 0.0251. The van der Waals surface area contributed by atoms with Gasteiger partial charge in [0.1, 0.15) is 17.2 Å². The van der Waals surface area contributed by atoms with Gasteiger partial charge in [0.25, 0.3) is 0 Å². The summed E-state index contributed by atoms with van der Waals surface area (Å²) in [7, 11) is 5.08. The lowest BCUT2D eigenvalue weighted by Crippen LogP contribution is -2.04. The maximum Gasteiger partial charge on any atom is 0.125 e. The number of aryl methyl sites for hydroxylation is 3. The second kappa shape index (κ2) is 13.0.